The molecule has 0 atom stereocenters. The molecule has 0 unspecified atom stereocenters. The maximum atomic E-state index is 11.5. The van der Waals surface area contributed by atoms with Crippen molar-refractivity contribution in [3.63, 3.8) is 0 Å². The van der Waals surface area contributed by atoms with Crippen molar-refractivity contribution in [3.05, 3.63) is 33.9 Å². The zero-order chi connectivity index (χ0) is 13.2. The second-order valence-corrected chi connectivity index (χ2v) is 6.00. The van der Waals surface area contributed by atoms with Crippen LogP contribution in [-0.2, 0) is 10.0 Å². The molecule has 17 heavy (non-hydrogen) atoms. The van der Waals surface area contributed by atoms with E-state index in [9.17, 15) is 18.5 Å². The Morgan fingerprint density at radius 2 is 2.06 bits per heavy atom. The van der Waals surface area contributed by atoms with E-state index in [1.165, 1.54) is 25.2 Å². The van der Waals surface area contributed by atoms with Crippen LogP contribution in [0.2, 0.25) is 0 Å². The molecule has 0 fully saturated rings. The van der Waals surface area contributed by atoms with Crippen LogP contribution in [0.15, 0.2) is 18.2 Å². The normalized spacial score (nSPS) is 11.2. The number of nitro groups is 1. The fourth-order valence-corrected chi connectivity index (χ4v) is 2.24. The first-order valence-corrected chi connectivity index (χ1v) is 6.71. The van der Waals surface area contributed by atoms with Gasteiger partial charge in [-0.3, -0.25) is 14.4 Å². The van der Waals surface area contributed by atoms with Crippen molar-refractivity contribution in [2.45, 2.75) is 6.92 Å². The van der Waals surface area contributed by atoms with Crippen molar-refractivity contribution < 1.29 is 13.3 Å². The van der Waals surface area contributed by atoms with Gasteiger partial charge in [0.1, 0.15) is 5.21 Å². The molecule has 0 saturated heterocycles. The molecular formula is C9H11ClN2O4S. The third-order valence-corrected chi connectivity index (χ3v) is 4.46. The Morgan fingerprint density at radius 1 is 1.47 bits per heavy atom. The Kier molecular flexibility index (Phi) is 3.94. The number of nitro benzene ring substituents is 1. The molecule has 1 rings (SSSR count). The summed E-state index contributed by atoms with van der Waals surface area (Å²) >= 11 is 5.31. The summed E-state index contributed by atoms with van der Waals surface area (Å²) in [6, 6.07) is 4.19. The Balaban J connectivity index is 3.26. The minimum absolute atomic E-state index is 0.126. The van der Waals surface area contributed by atoms with Crippen molar-refractivity contribution in [2.24, 2.45) is 0 Å². The first-order chi connectivity index (χ1) is 7.79. The van der Waals surface area contributed by atoms with Gasteiger partial charge in [-0.1, -0.05) is 6.07 Å². The molecule has 0 radical (unpaired) electrons. The van der Waals surface area contributed by atoms with Gasteiger partial charge in [0.05, 0.1) is 10.6 Å². The number of alkyl halides is 1. The highest BCUT2D eigenvalue weighted by Crippen LogP contribution is 2.26. The summed E-state index contributed by atoms with van der Waals surface area (Å²) in [7, 11) is -2.33. The summed E-state index contributed by atoms with van der Waals surface area (Å²) in [5, 5.41) is 10.1. The molecule has 0 spiro atoms. The van der Waals surface area contributed by atoms with Crippen molar-refractivity contribution >= 4 is 33.0 Å². The lowest BCUT2D eigenvalue weighted by molar-refractivity contribution is -0.385. The van der Waals surface area contributed by atoms with Gasteiger partial charge in [0, 0.05) is 18.7 Å². The largest absolute Gasteiger partial charge is 0.274 e. The Hall–Kier alpha value is -1.34. The molecule has 0 bridgehead atoms. The monoisotopic (exact) mass is 278 g/mol. The fourth-order valence-electron chi connectivity index (χ4n) is 1.22. The number of hydrogen-bond donors (Lipinski definition) is 0. The van der Waals surface area contributed by atoms with Gasteiger partial charge in [-0.15, -0.1) is 11.6 Å². The minimum Gasteiger partial charge on any atom is -0.272 e. The summed E-state index contributed by atoms with van der Waals surface area (Å²) in [6.45, 7) is 1.58. The van der Waals surface area contributed by atoms with E-state index in [0.717, 1.165) is 4.31 Å². The molecular weight excluding hydrogens is 268 g/mol. The Labute approximate surface area is 104 Å². The molecule has 6 nitrogen and oxygen atoms in total. The number of sulfonamides is 1. The van der Waals surface area contributed by atoms with E-state index in [1.807, 2.05) is 0 Å². The van der Waals surface area contributed by atoms with E-state index in [4.69, 9.17) is 11.6 Å². The molecule has 0 aromatic heterocycles. The topological polar surface area (TPSA) is 80.5 Å². The van der Waals surface area contributed by atoms with Crippen LogP contribution in [0.5, 0.6) is 0 Å². The number of halogens is 1. The number of benzene rings is 1. The zero-order valence-corrected chi connectivity index (χ0v) is 10.8. The second kappa shape index (κ2) is 4.89. The average molecular weight is 279 g/mol. The third-order valence-electron chi connectivity index (χ3n) is 2.31. The summed E-state index contributed by atoms with van der Waals surface area (Å²) in [4.78, 5) is 10.2. The van der Waals surface area contributed by atoms with Gasteiger partial charge >= 0.3 is 0 Å². The molecule has 0 saturated carbocycles. The van der Waals surface area contributed by atoms with Crippen molar-refractivity contribution in [1.29, 1.82) is 0 Å². The van der Waals surface area contributed by atoms with Crippen molar-refractivity contribution in [2.75, 3.05) is 16.6 Å². The van der Waals surface area contributed by atoms with E-state index < -0.39 is 20.2 Å². The third kappa shape index (κ3) is 2.86. The molecule has 0 aliphatic heterocycles. The predicted molar refractivity (Wildman–Crippen MR) is 65.9 cm³/mol. The maximum absolute atomic E-state index is 11.5. The van der Waals surface area contributed by atoms with Gasteiger partial charge in [0.2, 0.25) is 10.0 Å². The van der Waals surface area contributed by atoms with Gasteiger partial charge in [-0.05, 0) is 13.0 Å². The van der Waals surface area contributed by atoms with Gasteiger partial charge in [0.25, 0.3) is 5.69 Å². The zero-order valence-electron chi connectivity index (χ0n) is 9.25. The lowest BCUT2D eigenvalue weighted by atomic mass is 10.2. The van der Waals surface area contributed by atoms with E-state index in [-0.39, 0.29) is 11.4 Å². The first kappa shape index (κ1) is 13.7. The molecule has 0 aliphatic carbocycles. The maximum Gasteiger partial charge on any atom is 0.274 e. The quantitative estimate of drug-likeness (QED) is 0.478. The van der Waals surface area contributed by atoms with Gasteiger partial charge in [-0.2, -0.15) is 0 Å². The van der Waals surface area contributed by atoms with Crippen LogP contribution in [0.25, 0.3) is 0 Å². The lowest BCUT2D eigenvalue weighted by Crippen LogP contribution is -2.27. The van der Waals surface area contributed by atoms with Crippen LogP contribution in [-0.4, -0.2) is 25.6 Å². The summed E-state index contributed by atoms with van der Waals surface area (Å²) in [5.74, 6) is 0. The molecule has 0 aliphatic rings. The average Bonchev–Trinajstić information content (AvgIpc) is 2.28. The molecule has 0 heterocycles. The van der Waals surface area contributed by atoms with E-state index in [2.05, 4.69) is 0 Å². The predicted octanol–water partition coefficient (Wildman–Crippen LogP) is 1.87. The number of anilines is 1. The highest BCUT2D eigenvalue weighted by molar-refractivity contribution is 7.93. The van der Waals surface area contributed by atoms with Crippen LogP contribution >= 0.6 is 11.6 Å². The molecule has 0 amide bonds. The highest BCUT2D eigenvalue weighted by Gasteiger charge is 2.20. The first-order valence-electron chi connectivity index (χ1n) is 4.57. The number of nitrogens with zero attached hydrogens (tertiary/aromatic N) is 2. The standard InChI is InChI=1S/C9H11ClN2O4S/c1-7-3-4-8(5-9(7)12(13)14)11(2)17(15,16)6-10/h3-5H,6H2,1-2H3. The summed E-state index contributed by atoms with van der Waals surface area (Å²) < 4.78 is 23.9. The van der Waals surface area contributed by atoms with Gasteiger partial charge in [-0.25, -0.2) is 8.42 Å². The van der Waals surface area contributed by atoms with Crippen LogP contribution < -0.4 is 4.31 Å². The number of aryl methyl sites for hydroxylation is 1. The Morgan fingerprint density at radius 3 is 2.53 bits per heavy atom. The smallest absolute Gasteiger partial charge is 0.272 e. The van der Waals surface area contributed by atoms with E-state index >= 15 is 0 Å². The van der Waals surface area contributed by atoms with Crippen LogP contribution in [0.3, 0.4) is 0 Å². The summed E-state index contributed by atoms with van der Waals surface area (Å²) in [5.41, 5.74) is 0.553. The van der Waals surface area contributed by atoms with Gasteiger partial charge < -0.3 is 0 Å². The number of rotatable bonds is 4. The second-order valence-electron chi connectivity index (χ2n) is 3.42. The number of hydrogen-bond acceptors (Lipinski definition) is 4. The molecule has 8 heteroatoms. The van der Waals surface area contributed by atoms with Crippen LogP contribution in [0, 0.1) is 17.0 Å². The summed E-state index contributed by atoms with van der Waals surface area (Å²) in [6.07, 6.45) is 0. The molecule has 1 aromatic carbocycles. The van der Waals surface area contributed by atoms with Gasteiger partial charge in [0.15, 0.2) is 0 Å². The van der Waals surface area contributed by atoms with Crippen LogP contribution in [0.1, 0.15) is 5.56 Å². The van der Waals surface area contributed by atoms with Crippen molar-refractivity contribution in [3.8, 4) is 0 Å². The van der Waals surface area contributed by atoms with Crippen LogP contribution in [0.4, 0.5) is 11.4 Å². The Bertz CT molecular complexity index is 544. The molecule has 94 valence electrons. The SMILES string of the molecule is Cc1ccc(N(C)S(=O)(=O)CCl)cc1[N+](=O)[O-]. The van der Waals surface area contributed by atoms with E-state index in [1.54, 1.807) is 6.92 Å². The minimum atomic E-state index is -3.63. The highest BCUT2D eigenvalue weighted by atomic mass is 35.5. The molecule has 1 aromatic rings. The lowest BCUT2D eigenvalue weighted by Gasteiger charge is -2.17. The van der Waals surface area contributed by atoms with E-state index in [0.29, 0.717) is 5.56 Å². The fraction of sp³-hybridized carbons (Fsp3) is 0.333. The molecule has 0 N–H and O–H groups in total. The van der Waals surface area contributed by atoms with Crippen molar-refractivity contribution in [1.82, 2.24) is 0 Å².